The molecule has 0 saturated heterocycles. The monoisotopic (exact) mass is 389 g/mol. The van der Waals surface area contributed by atoms with Crippen molar-refractivity contribution in [2.24, 2.45) is 0 Å². The molecular weight excluding hydrogens is 369 g/mol. The maximum Gasteiger partial charge on any atom is 0.424 e. The molecule has 1 aromatic rings. The molecule has 0 aliphatic rings. The summed E-state index contributed by atoms with van der Waals surface area (Å²) < 4.78 is 25.0. The number of imide groups is 1. The van der Waals surface area contributed by atoms with Crippen LogP contribution in [0, 0.1) is 5.82 Å². The van der Waals surface area contributed by atoms with Crippen LogP contribution in [-0.2, 0) is 9.47 Å². The van der Waals surface area contributed by atoms with Crippen LogP contribution in [0.1, 0.15) is 41.5 Å². The highest BCUT2D eigenvalue weighted by molar-refractivity contribution is 9.10. The average molecular weight is 390 g/mol. The number of benzene rings is 1. The third kappa shape index (κ3) is 6.17. The van der Waals surface area contributed by atoms with Gasteiger partial charge in [-0.25, -0.2) is 14.0 Å². The first-order valence-corrected chi connectivity index (χ1v) is 7.80. The topological polar surface area (TPSA) is 55.8 Å². The van der Waals surface area contributed by atoms with E-state index in [0.717, 1.165) is 6.07 Å². The first-order valence-electron chi connectivity index (χ1n) is 7.01. The summed E-state index contributed by atoms with van der Waals surface area (Å²) in [4.78, 5) is 25.3. The second kappa shape index (κ2) is 6.86. The predicted octanol–water partition coefficient (Wildman–Crippen LogP) is 5.26. The fourth-order valence-electron chi connectivity index (χ4n) is 1.55. The Hall–Kier alpha value is -1.63. The summed E-state index contributed by atoms with van der Waals surface area (Å²) in [6, 6.07) is 3.96. The lowest BCUT2D eigenvalue weighted by molar-refractivity contribution is 0.0429. The maximum atomic E-state index is 14.2. The largest absolute Gasteiger partial charge is 0.443 e. The molecule has 0 saturated carbocycles. The molecule has 5 nitrogen and oxygen atoms in total. The normalized spacial score (nSPS) is 11.8. The summed E-state index contributed by atoms with van der Waals surface area (Å²) in [7, 11) is 0. The van der Waals surface area contributed by atoms with E-state index in [2.05, 4.69) is 15.9 Å². The predicted molar refractivity (Wildman–Crippen MR) is 89.0 cm³/mol. The molecule has 2 amide bonds. The maximum absolute atomic E-state index is 14.2. The molecule has 1 aromatic carbocycles. The van der Waals surface area contributed by atoms with Crippen LogP contribution in [-0.4, -0.2) is 23.4 Å². The fourth-order valence-corrected chi connectivity index (χ4v) is 1.88. The first-order chi connectivity index (χ1) is 10.3. The number of nitrogens with zero attached hydrogens (tertiary/aromatic N) is 1. The van der Waals surface area contributed by atoms with Crippen molar-refractivity contribution in [2.75, 3.05) is 4.90 Å². The Bertz CT molecular complexity index is 577. The number of halogens is 2. The van der Waals surface area contributed by atoms with Crippen molar-refractivity contribution < 1.29 is 23.5 Å². The Kier molecular flexibility index (Phi) is 5.79. The average Bonchev–Trinajstić information content (AvgIpc) is 2.27. The van der Waals surface area contributed by atoms with Crippen LogP contribution in [0.4, 0.5) is 19.7 Å². The van der Waals surface area contributed by atoms with Gasteiger partial charge >= 0.3 is 12.2 Å². The van der Waals surface area contributed by atoms with Crippen LogP contribution in [0.2, 0.25) is 0 Å². The molecule has 7 heteroatoms. The van der Waals surface area contributed by atoms with E-state index in [1.54, 1.807) is 41.5 Å². The van der Waals surface area contributed by atoms with Crippen molar-refractivity contribution in [3.63, 3.8) is 0 Å². The van der Waals surface area contributed by atoms with Gasteiger partial charge in [0.1, 0.15) is 17.0 Å². The summed E-state index contributed by atoms with van der Waals surface area (Å²) >= 11 is 3.13. The molecule has 0 radical (unpaired) electrons. The SMILES string of the molecule is CC(C)(C)OC(=O)N(C(=O)OC(C)(C)C)c1ccc(Br)cc1F. The molecule has 0 N–H and O–H groups in total. The van der Waals surface area contributed by atoms with Gasteiger partial charge in [0.25, 0.3) is 0 Å². The van der Waals surface area contributed by atoms with E-state index in [1.165, 1.54) is 12.1 Å². The van der Waals surface area contributed by atoms with Gasteiger partial charge in [0.15, 0.2) is 0 Å². The summed E-state index contributed by atoms with van der Waals surface area (Å²) in [5.74, 6) is -0.754. The van der Waals surface area contributed by atoms with Gasteiger partial charge in [-0.2, -0.15) is 4.90 Å². The molecule has 0 unspecified atom stereocenters. The first kappa shape index (κ1) is 19.4. The standard InChI is InChI=1S/C16H21BrFNO4/c1-15(2,3)22-13(20)19(14(21)23-16(4,5)6)12-8-7-10(17)9-11(12)18/h7-9H,1-6H3. The zero-order valence-electron chi connectivity index (χ0n) is 14.1. The summed E-state index contributed by atoms with van der Waals surface area (Å²) in [5.41, 5.74) is -1.93. The number of anilines is 1. The van der Waals surface area contributed by atoms with E-state index < -0.39 is 29.2 Å². The van der Waals surface area contributed by atoms with Crippen LogP contribution in [0.3, 0.4) is 0 Å². The number of amides is 2. The minimum atomic E-state index is -1.01. The van der Waals surface area contributed by atoms with Crippen molar-refractivity contribution in [1.82, 2.24) is 0 Å². The van der Waals surface area contributed by atoms with Gasteiger partial charge in [-0.15, -0.1) is 0 Å². The minimum absolute atomic E-state index is 0.239. The molecule has 23 heavy (non-hydrogen) atoms. The van der Waals surface area contributed by atoms with Gasteiger partial charge in [0.05, 0.1) is 5.69 Å². The summed E-state index contributed by atoms with van der Waals surface area (Å²) in [6.07, 6.45) is -2.01. The van der Waals surface area contributed by atoms with E-state index >= 15 is 0 Å². The van der Waals surface area contributed by atoms with Crippen molar-refractivity contribution in [2.45, 2.75) is 52.7 Å². The molecule has 128 valence electrons. The molecule has 0 atom stereocenters. The van der Waals surface area contributed by atoms with Crippen molar-refractivity contribution >= 4 is 33.8 Å². The van der Waals surface area contributed by atoms with Crippen LogP contribution >= 0.6 is 15.9 Å². The van der Waals surface area contributed by atoms with E-state index in [1.807, 2.05) is 0 Å². The zero-order chi connectivity index (χ0) is 18.0. The molecule has 0 fully saturated rings. The Morgan fingerprint density at radius 1 is 1.00 bits per heavy atom. The van der Waals surface area contributed by atoms with Crippen LogP contribution in [0.5, 0.6) is 0 Å². The molecule has 1 rings (SSSR count). The highest BCUT2D eigenvalue weighted by Crippen LogP contribution is 2.26. The second-order valence-corrected chi connectivity index (χ2v) is 7.81. The number of carbonyl (C=O) groups is 2. The van der Waals surface area contributed by atoms with Gasteiger partial charge < -0.3 is 9.47 Å². The molecule has 0 bridgehead atoms. The van der Waals surface area contributed by atoms with Crippen molar-refractivity contribution in [3.8, 4) is 0 Å². The molecule has 0 heterocycles. The van der Waals surface area contributed by atoms with Crippen LogP contribution < -0.4 is 4.90 Å². The highest BCUT2D eigenvalue weighted by Gasteiger charge is 2.34. The lowest BCUT2D eigenvalue weighted by Gasteiger charge is -2.28. The van der Waals surface area contributed by atoms with E-state index in [9.17, 15) is 14.0 Å². The number of rotatable bonds is 1. The molecular formula is C16H21BrFNO4. The molecule has 0 aromatic heterocycles. The molecule has 0 spiro atoms. The molecule has 0 aliphatic carbocycles. The number of carbonyl (C=O) groups excluding carboxylic acids is 2. The summed E-state index contributed by atoms with van der Waals surface area (Å²) in [5, 5.41) is 0. The third-order valence-corrected chi connectivity index (χ3v) is 2.80. The number of ether oxygens (including phenoxy) is 2. The van der Waals surface area contributed by atoms with Crippen LogP contribution in [0.15, 0.2) is 22.7 Å². The Balaban J connectivity index is 3.25. The lowest BCUT2D eigenvalue weighted by atomic mass is 10.2. The summed E-state index contributed by atoms with van der Waals surface area (Å²) in [6.45, 7) is 9.89. The Labute approximate surface area is 143 Å². The quantitative estimate of drug-likeness (QED) is 0.656. The lowest BCUT2D eigenvalue weighted by Crippen LogP contribution is -2.44. The van der Waals surface area contributed by atoms with Gasteiger partial charge in [-0.3, -0.25) is 0 Å². The van der Waals surface area contributed by atoms with E-state index in [4.69, 9.17) is 9.47 Å². The van der Waals surface area contributed by atoms with E-state index in [0.29, 0.717) is 9.37 Å². The van der Waals surface area contributed by atoms with Crippen molar-refractivity contribution in [1.29, 1.82) is 0 Å². The van der Waals surface area contributed by atoms with E-state index in [-0.39, 0.29) is 5.69 Å². The fraction of sp³-hybridized carbons (Fsp3) is 0.500. The number of hydrogen-bond acceptors (Lipinski definition) is 4. The Morgan fingerprint density at radius 2 is 1.43 bits per heavy atom. The zero-order valence-corrected chi connectivity index (χ0v) is 15.7. The number of hydrogen-bond donors (Lipinski definition) is 0. The van der Waals surface area contributed by atoms with Gasteiger partial charge in [0.2, 0.25) is 0 Å². The highest BCUT2D eigenvalue weighted by atomic mass is 79.9. The van der Waals surface area contributed by atoms with Crippen LogP contribution in [0.25, 0.3) is 0 Å². The third-order valence-electron chi connectivity index (χ3n) is 2.30. The van der Waals surface area contributed by atoms with Gasteiger partial charge in [-0.1, -0.05) is 15.9 Å². The van der Waals surface area contributed by atoms with Gasteiger partial charge in [0, 0.05) is 4.47 Å². The smallest absolute Gasteiger partial charge is 0.424 e. The second-order valence-electron chi connectivity index (χ2n) is 6.89. The van der Waals surface area contributed by atoms with Gasteiger partial charge in [-0.05, 0) is 59.7 Å². The Morgan fingerprint density at radius 3 is 1.78 bits per heavy atom. The molecule has 0 aliphatic heterocycles. The minimum Gasteiger partial charge on any atom is -0.443 e. The van der Waals surface area contributed by atoms with Crippen molar-refractivity contribution in [3.05, 3.63) is 28.5 Å².